The molecule has 0 amide bonds. The molecule has 12 nitrogen and oxygen atoms in total. The van der Waals surface area contributed by atoms with E-state index >= 15 is 0 Å². The molecule has 11 rings (SSSR count). The Morgan fingerprint density at radius 1 is 0.301 bits per heavy atom. The van der Waals surface area contributed by atoms with Crippen LogP contribution in [-0.2, 0) is 33.0 Å². The first-order chi connectivity index (χ1) is 59.2. The fourth-order valence-corrected chi connectivity index (χ4v) is 17.0. The number of rotatable bonds is 40. The molecule has 658 valence electrons. The van der Waals surface area contributed by atoms with Gasteiger partial charge < -0.3 is 34.6 Å². The molecule has 4 unspecified atom stereocenters. The van der Waals surface area contributed by atoms with Gasteiger partial charge in [-0.25, -0.2) is 4.79 Å². The predicted molar refractivity (Wildman–Crippen MR) is 517 cm³/mol. The van der Waals surface area contributed by atoms with Crippen molar-refractivity contribution in [2.24, 2.45) is 0 Å². The molecule has 4 atom stereocenters. The third-order valence-corrected chi connectivity index (χ3v) is 23.3. The topological polar surface area (TPSA) is 139 Å². The van der Waals surface area contributed by atoms with Crippen LogP contribution in [-0.4, -0.2) is 121 Å². The summed E-state index contributed by atoms with van der Waals surface area (Å²) in [5, 5.41) is 39.4. The standard InChI is InChI=1S/C29H35NO3.C29H37NO2.C28H34BrNO.C22H31NO2.C2H6/c1-21(2)30(22(3)4)18-17-26(24-13-9-6-10-14-24)27-19-25(29(31)32)15-16-28(27)33-20-23-11-7-5-8-12-23;1-22(2)30(23(3)4)18-17-27(26-13-9-6-10-14-26)28-19-25(20-31)15-16-29(28)32-21-24-11-7-5-8-12-24;1-21(2)30(22(3)4)18-17-26(24-13-9-6-10-14-24)27-19-25(29)15-16-28(27)31-20-23-11-7-5-8-12-23;1-16(2)23(17(3)4)13-12-20(19-8-6-5-7-9-19)21-14-18(15-24)10-11-22(21)25;1-2/h5-16,19,21-22,26H,17-18,20H2,1-4H3,(H,31,32);5-16,19,22-23,27,31H,17-18,20-21H2,1-4H3;5-16,19,21-22,26H,17-18,20H2,1-4H3;5-11,14,16-17,20,24-25H,12-13,15H2,1-4H3;1-2H3. The van der Waals surface area contributed by atoms with Crippen molar-refractivity contribution in [3.05, 3.63) is 367 Å². The number of nitrogens with zero attached hydrogens (tertiary/aromatic N) is 4. The summed E-state index contributed by atoms with van der Waals surface area (Å²) in [5.41, 5.74) is 14.6. The minimum Gasteiger partial charge on any atom is -0.508 e. The lowest BCUT2D eigenvalue weighted by Gasteiger charge is -2.32. The van der Waals surface area contributed by atoms with Crippen molar-refractivity contribution in [2.45, 2.75) is 255 Å². The van der Waals surface area contributed by atoms with E-state index < -0.39 is 5.97 Å². The predicted octanol–water partition coefficient (Wildman–Crippen LogP) is 26.2. The van der Waals surface area contributed by atoms with Gasteiger partial charge in [0.05, 0.1) is 18.8 Å². The van der Waals surface area contributed by atoms with Crippen molar-refractivity contribution >= 4 is 21.9 Å². The summed E-state index contributed by atoms with van der Waals surface area (Å²) in [6.45, 7) is 45.4. The Hall–Kier alpha value is -9.67. The summed E-state index contributed by atoms with van der Waals surface area (Å²) in [7, 11) is 0. The summed E-state index contributed by atoms with van der Waals surface area (Å²) >= 11 is 3.69. The van der Waals surface area contributed by atoms with Gasteiger partial charge in [-0.15, -0.1) is 0 Å². The highest BCUT2D eigenvalue weighted by atomic mass is 79.9. The van der Waals surface area contributed by atoms with Gasteiger partial charge >= 0.3 is 5.97 Å². The Kier molecular flexibility index (Phi) is 43.7. The molecule has 0 aliphatic heterocycles. The zero-order valence-corrected chi connectivity index (χ0v) is 78.4. The second-order valence-electron chi connectivity index (χ2n) is 33.9. The number of phenols is 1. The Balaban J connectivity index is 0.000000225. The molecule has 0 saturated heterocycles. The van der Waals surface area contributed by atoms with Crippen molar-refractivity contribution in [3.8, 4) is 23.0 Å². The summed E-state index contributed by atoms with van der Waals surface area (Å²) in [6, 6.07) is 99.7. The molecule has 0 spiro atoms. The van der Waals surface area contributed by atoms with Crippen molar-refractivity contribution in [1.82, 2.24) is 19.6 Å². The lowest BCUT2D eigenvalue weighted by atomic mass is 9.86. The maximum absolute atomic E-state index is 11.8. The van der Waals surface area contributed by atoms with Gasteiger partial charge in [-0.05, 0) is 273 Å². The van der Waals surface area contributed by atoms with E-state index in [0.717, 1.165) is 118 Å². The van der Waals surface area contributed by atoms with E-state index in [1.54, 1.807) is 30.3 Å². The summed E-state index contributed by atoms with van der Waals surface area (Å²) in [5.74, 6) is 2.54. The fraction of sp³-hybridized carbons (Fsp3) is 0.391. The summed E-state index contributed by atoms with van der Waals surface area (Å²) < 4.78 is 20.0. The minimum atomic E-state index is -0.927. The number of aliphatic hydroxyl groups is 2. The van der Waals surface area contributed by atoms with Gasteiger partial charge in [-0.2, -0.15) is 0 Å². The second-order valence-corrected chi connectivity index (χ2v) is 34.8. The van der Waals surface area contributed by atoms with Gasteiger partial charge in [-0.1, -0.05) is 254 Å². The highest BCUT2D eigenvalue weighted by Crippen LogP contribution is 2.42. The molecule has 0 bridgehead atoms. The third-order valence-electron chi connectivity index (χ3n) is 22.8. The number of hydrogen-bond donors (Lipinski definition) is 4. The van der Waals surface area contributed by atoms with E-state index in [-0.39, 0.29) is 42.4 Å². The van der Waals surface area contributed by atoms with Crippen LogP contribution in [0, 0.1) is 0 Å². The van der Waals surface area contributed by atoms with Crippen LogP contribution in [0.3, 0.4) is 0 Å². The van der Waals surface area contributed by atoms with Gasteiger partial charge in [0, 0.05) is 98.7 Å². The Morgan fingerprint density at radius 2 is 0.545 bits per heavy atom. The number of ether oxygens (including phenoxy) is 3. The molecule has 0 aliphatic carbocycles. The number of aromatic carboxylic acids is 1. The molecular formula is C110H143BrN4O8. The molecule has 11 aromatic carbocycles. The van der Waals surface area contributed by atoms with Gasteiger partial charge in [0.15, 0.2) is 0 Å². The molecular weight excluding hydrogens is 1590 g/mol. The molecule has 13 heteroatoms. The number of carboxylic acids is 1. The van der Waals surface area contributed by atoms with Gasteiger partial charge in [0.2, 0.25) is 0 Å². The normalized spacial score (nSPS) is 12.4. The number of hydrogen-bond acceptors (Lipinski definition) is 11. The Bertz CT molecular complexity index is 4690. The summed E-state index contributed by atoms with van der Waals surface area (Å²) in [6.07, 6.45) is 3.81. The summed E-state index contributed by atoms with van der Waals surface area (Å²) in [4.78, 5) is 21.9. The Morgan fingerprint density at radius 3 is 0.829 bits per heavy atom. The van der Waals surface area contributed by atoms with E-state index in [9.17, 15) is 25.2 Å². The van der Waals surface area contributed by atoms with Crippen molar-refractivity contribution in [1.29, 1.82) is 0 Å². The molecule has 4 N–H and O–H groups in total. The maximum atomic E-state index is 11.8. The second kappa shape index (κ2) is 53.5. The molecule has 123 heavy (non-hydrogen) atoms. The molecule has 0 aromatic heterocycles. The van der Waals surface area contributed by atoms with Gasteiger partial charge in [0.1, 0.15) is 42.8 Å². The van der Waals surface area contributed by atoms with E-state index in [2.05, 4.69) is 292 Å². The first-order valence-corrected chi connectivity index (χ1v) is 45.6. The number of aliphatic hydroxyl groups excluding tert-OH is 2. The first kappa shape index (κ1) is 100. The minimum absolute atomic E-state index is 0.0150. The highest BCUT2D eigenvalue weighted by Gasteiger charge is 2.28. The number of benzene rings is 11. The number of carboxylic acid groups (broad SMARTS) is 1. The monoisotopic (exact) mass is 1730 g/mol. The van der Waals surface area contributed by atoms with Crippen LogP contribution in [0.15, 0.2) is 290 Å². The molecule has 0 saturated carbocycles. The maximum Gasteiger partial charge on any atom is 0.335 e. The van der Waals surface area contributed by atoms with Crippen molar-refractivity contribution in [2.75, 3.05) is 26.2 Å². The molecule has 11 aromatic rings. The van der Waals surface area contributed by atoms with Gasteiger partial charge in [-0.3, -0.25) is 19.6 Å². The number of carbonyl (C=O) groups is 1. The molecule has 0 aliphatic rings. The van der Waals surface area contributed by atoms with E-state index in [1.165, 1.54) is 27.8 Å². The molecule has 0 fully saturated rings. The SMILES string of the molecule is CC.CC(C)N(CCC(c1ccccc1)c1cc(Br)ccc1OCc1ccccc1)C(C)C.CC(C)N(CCC(c1ccccc1)c1cc(C(=O)O)ccc1OCc1ccccc1)C(C)C.CC(C)N(CCC(c1ccccc1)c1cc(CO)ccc1O)C(C)C.CC(C)N(CCC(c1ccccc1)c1cc(CO)ccc1OCc1ccccc1)C(C)C. The van der Waals surface area contributed by atoms with Crippen molar-refractivity contribution < 1.29 is 39.4 Å². The third kappa shape index (κ3) is 32.4. The fourth-order valence-electron chi connectivity index (χ4n) is 16.6. The number of phenolic OH excluding ortho intramolecular Hbond substituents is 1. The van der Waals surface area contributed by atoms with E-state index in [0.29, 0.717) is 73.9 Å². The number of aromatic hydroxyl groups is 1. The van der Waals surface area contributed by atoms with Gasteiger partial charge in [0.25, 0.3) is 0 Å². The lowest BCUT2D eigenvalue weighted by Crippen LogP contribution is -2.38. The molecule has 0 radical (unpaired) electrons. The van der Waals surface area contributed by atoms with Crippen LogP contribution in [0.2, 0.25) is 0 Å². The molecule has 0 heterocycles. The quantitative estimate of drug-likeness (QED) is 0.0291. The van der Waals surface area contributed by atoms with Crippen LogP contribution < -0.4 is 14.2 Å². The average molecular weight is 1730 g/mol. The zero-order valence-electron chi connectivity index (χ0n) is 76.8. The number of halogens is 1. The van der Waals surface area contributed by atoms with E-state index in [4.69, 9.17) is 14.2 Å². The first-order valence-electron chi connectivity index (χ1n) is 44.8. The smallest absolute Gasteiger partial charge is 0.335 e. The van der Waals surface area contributed by atoms with E-state index in [1.807, 2.05) is 123 Å². The largest absolute Gasteiger partial charge is 0.508 e. The van der Waals surface area contributed by atoms with Crippen LogP contribution in [0.5, 0.6) is 23.0 Å². The highest BCUT2D eigenvalue weighted by molar-refractivity contribution is 9.10. The average Bonchev–Trinajstić information content (AvgIpc) is 0.791. The zero-order chi connectivity index (χ0) is 89.3. The van der Waals surface area contributed by atoms with Crippen LogP contribution >= 0.6 is 15.9 Å². The Labute approximate surface area is 748 Å². The lowest BCUT2D eigenvalue weighted by molar-refractivity contribution is 0.0696. The van der Waals surface area contributed by atoms with Crippen molar-refractivity contribution in [3.63, 3.8) is 0 Å². The van der Waals surface area contributed by atoms with Crippen LogP contribution in [0.1, 0.15) is 257 Å². The van der Waals surface area contributed by atoms with Crippen LogP contribution in [0.25, 0.3) is 0 Å². The van der Waals surface area contributed by atoms with Crippen LogP contribution in [0.4, 0.5) is 0 Å².